The molecule has 0 atom stereocenters. The van der Waals surface area contributed by atoms with Crippen LogP contribution >= 0.6 is 11.6 Å². The number of nitrogens with zero attached hydrogens (tertiary/aromatic N) is 1. The van der Waals surface area contributed by atoms with Gasteiger partial charge in [0.15, 0.2) is 0 Å². The summed E-state index contributed by atoms with van der Waals surface area (Å²) in [6.45, 7) is 0. The van der Waals surface area contributed by atoms with Gasteiger partial charge < -0.3 is 9.88 Å². The fraction of sp³-hybridized carbons (Fsp3) is 0.143. The van der Waals surface area contributed by atoms with E-state index < -0.39 is 0 Å². The van der Waals surface area contributed by atoms with E-state index in [-0.39, 0.29) is 11.5 Å². The number of aromatic nitrogens is 1. The minimum Gasteiger partial charge on any atom is -0.322 e. The maximum Gasteiger partial charge on any atom is 0.255 e. The van der Waals surface area contributed by atoms with Gasteiger partial charge in [-0.1, -0.05) is 12.1 Å². The van der Waals surface area contributed by atoms with E-state index in [1.807, 2.05) is 12.1 Å². The van der Waals surface area contributed by atoms with E-state index in [1.54, 1.807) is 31.4 Å². The third kappa shape index (κ3) is 3.23. The van der Waals surface area contributed by atoms with Gasteiger partial charge in [-0.25, -0.2) is 0 Å². The van der Waals surface area contributed by atoms with Gasteiger partial charge in [-0.2, -0.15) is 0 Å². The number of halogens is 1. The van der Waals surface area contributed by atoms with E-state index in [2.05, 4.69) is 5.32 Å². The smallest absolute Gasteiger partial charge is 0.255 e. The average Bonchev–Trinajstić information content (AvgIpc) is 2.42. The molecule has 98 valence electrons. The summed E-state index contributed by atoms with van der Waals surface area (Å²) in [5.74, 6) is 0.0692. The summed E-state index contributed by atoms with van der Waals surface area (Å²) in [7, 11) is 1.63. The van der Waals surface area contributed by atoms with Crippen LogP contribution in [0.1, 0.15) is 15.9 Å². The first-order chi connectivity index (χ1) is 9.10. The maximum atomic E-state index is 12.0. The Balaban J connectivity index is 2.20. The fourth-order valence-electron chi connectivity index (χ4n) is 1.63. The minimum atomic E-state index is -0.315. The van der Waals surface area contributed by atoms with Gasteiger partial charge in [0.05, 0.1) is 0 Å². The highest BCUT2D eigenvalue weighted by atomic mass is 35.5. The lowest BCUT2D eigenvalue weighted by Crippen LogP contribution is -2.19. The van der Waals surface area contributed by atoms with Crippen molar-refractivity contribution in [3.8, 4) is 0 Å². The van der Waals surface area contributed by atoms with E-state index >= 15 is 0 Å². The van der Waals surface area contributed by atoms with Crippen molar-refractivity contribution in [3.05, 3.63) is 64.1 Å². The number of hydrogen-bond donors (Lipinski definition) is 1. The largest absolute Gasteiger partial charge is 0.322 e. The van der Waals surface area contributed by atoms with Crippen molar-refractivity contribution in [1.29, 1.82) is 0 Å². The van der Waals surface area contributed by atoms with Crippen molar-refractivity contribution in [3.63, 3.8) is 0 Å². The Hall–Kier alpha value is -2.07. The average molecular weight is 277 g/mol. The number of aryl methyl sites for hydroxylation is 1. The summed E-state index contributed by atoms with van der Waals surface area (Å²) in [6, 6.07) is 10.2. The van der Waals surface area contributed by atoms with Crippen LogP contribution < -0.4 is 10.9 Å². The third-order valence-electron chi connectivity index (χ3n) is 2.71. The number of amides is 1. The van der Waals surface area contributed by atoms with Gasteiger partial charge in [0, 0.05) is 36.4 Å². The lowest BCUT2D eigenvalue weighted by molar-refractivity contribution is 0.102. The molecule has 4 nitrogen and oxygen atoms in total. The number of nitrogens with one attached hydrogen (secondary N) is 1. The number of benzene rings is 1. The summed E-state index contributed by atoms with van der Waals surface area (Å²) in [6.07, 6.45) is 1.56. The number of anilines is 1. The van der Waals surface area contributed by atoms with Crippen LogP contribution in [0.2, 0.25) is 0 Å². The molecule has 0 saturated heterocycles. The third-order valence-corrected chi connectivity index (χ3v) is 3.01. The van der Waals surface area contributed by atoms with Crippen LogP contribution in [0.3, 0.4) is 0 Å². The Morgan fingerprint density at radius 1 is 1.32 bits per heavy atom. The molecule has 0 aliphatic carbocycles. The molecule has 1 aromatic carbocycles. The van der Waals surface area contributed by atoms with Crippen LogP contribution in [0.5, 0.6) is 0 Å². The molecule has 0 aliphatic rings. The van der Waals surface area contributed by atoms with E-state index in [1.165, 1.54) is 10.6 Å². The van der Waals surface area contributed by atoms with Gasteiger partial charge >= 0.3 is 0 Å². The fourth-order valence-corrected chi connectivity index (χ4v) is 1.79. The van der Waals surface area contributed by atoms with Crippen LogP contribution in [0.25, 0.3) is 0 Å². The molecule has 0 spiro atoms. The van der Waals surface area contributed by atoms with E-state index in [0.29, 0.717) is 17.1 Å². The van der Waals surface area contributed by atoms with Crippen LogP contribution in [0, 0.1) is 0 Å². The zero-order valence-corrected chi connectivity index (χ0v) is 11.1. The highest BCUT2D eigenvalue weighted by Crippen LogP contribution is 2.13. The second kappa shape index (κ2) is 5.71. The molecule has 1 N–H and O–H groups in total. The molecule has 2 aromatic rings. The van der Waals surface area contributed by atoms with Crippen LogP contribution in [0.4, 0.5) is 5.69 Å². The Morgan fingerprint density at radius 3 is 2.79 bits per heavy atom. The monoisotopic (exact) mass is 276 g/mol. The van der Waals surface area contributed by atoms with Gasteiger partial charge in [-0.3, -0.25) is 9.59 Å². The molecule has 0 saturated carbocycles. The summed E-state index contributed by atoms with van der Waals surface area (Å²) >= 11 is 5.73. The molecule has 2 rings (SSSR count). The number of hydrogen-bond acceptors (Lipinski definition) is 2. The summed E-state index contributed by atoms with van der Waals surface area (Å²) < 4.78 is 1.41. The SMILES string of the molecule is Cn1ccc(C(=O)Nc2cccc(CCl)c2)cc1=O. The minimum absolute atomic E-state index is 0.220. The summed E-state index contributed by atoms with van der Waals surface area (Å²) in [5, 5.41) is 2.73. The van der Waals surface area contributed by atoms with E-state index in [4.69, 9.17) is 11.6 Å². The molecule has 1 amide bonds. The zero-order chi connectivity index (χ0) is 13.8. The first kappa shape index (κ1) is 13.4. The second-order valence-electron chi connectivity index (χ2n) is 4.15. The zero-order valence-electron chi connectivity index (χ0n) is 10.4. The van der Waals surface area contributed by atoms with Gasteiger partial charge in [-0.05, 0) is 23.8 Å². The molecule has 1 aromatic heterocycles. The van der Waals surface area contributed by atoms with Crippen molar-refractivity contribution in [2.75, 3.05) is 5.32 Å². The van der Waals surface area contributed by atoms with Crippen molar-refractivity contribution in [2.45, 2.75) is 5.88 Å². The van der Waals surface area contributed by atoms with Gasteiger partial charge in [0.25, 0.3) is 11.5 Å². The molecular formula is C14H13ClN2O2. The Morgan fingerprint density at radius 2 is 2.11 bits per heavy atom. The molecule has 19 heavy (non-hydrogen) atoms. The second-order valence-corrected chi connectivity index (χ2v) is 4.42. The van der Waals surface area contributed by atoms with Crippen molar-refractivity contribution in [1.82, 2.24) is 4.57 Å². The predicted molar refractivity (Wildman–Crippen MR) is 75.6 cm³/mol. The molecular weight excluding hydrogens is 264 g/mol. The van der Waals surface area contributed by atoms with Crippen LogP contribution in [0.15, 0.2) is 47.4 Å². The Kier molecular flexibility index (Phi) is 4.02. The Bertz CT molecular complexity index is 664. The van der Waals surface area contributed by atoms with Crippen molar-refractivity contribution < 1.29 is 4.79 Å². The highest BCUT2D eigenvalue weighted by Gasteiger charge is 2.07. The lowest BCUT2D eigenvalue weighted by atomic mass is 10.2. The van der Waals surface area contributed by atoms with Gasteiger partial charge in [-0.15, -0.1) is 11.6 Å². The molecule has 5 heteroatoms. The van der Waals surface area contributed by atoms with E-state index in [0.717, 1.165) is 5.56 Å². The van der Waals surface area contributed by atoms with Crippen LogP contribution in [-0.2, 0) is 12.9 Å². The summed E-state index contributed by atoms with van der Waals surface area (Å²) in [5.41, 5.74) is 1.69. The van der Waals surface area contributed by atoms with Gasteiger partial charge in [0.1, 0.15) is 0 Å². The first-order valence-corrected chi connectivity index (χ1v) is 6.26. The molecule has 0 bridgehead atoms. The van der Waals surface area contributed by atoms with Crippen molar-refractivity contribution >= 4 is 23.2 Å². The Labute approximate surface area is 115 Å². The quantitative estimate of drug-likeness (QED) is 0.875. The number of alkyl halides is 1. The van der Waals surface area contributed by atoms with E-state index in [9.17, 15) is 9.59 Å². The number of carbonyl (C=O) groups is 1. The topological polar surface area (TPSA) is 51.1 Å². The molecule has 0 unspecified atom stereocenters. The molecule has 0 radical (unpaired) electrons. The standard InChI is InChI=1S/C14H13ClN2O2/c1-17-6-5-11(8-13(17)18)14(19)16-12-4-2-3-10(7-12)9-15/h2-8H,9H2,1H3,(H,16,19). The highest BCUT2D eigenvalue weighted by molar-refractivity contribution is 6.17. The number of carbonyl (C=O) groups excluding carboxylic acids is 1. The lowest BCUT2D eigenvalue weighted by Gasteiger charge is -2.06. The van der Waals surface area contributed by atoms with Crippen LogP contribution in [-0.4, -0.2) is 10.5 Å². The number of pyridine rings is 1. The predicted octanol–water partition coefficient (Wildman–Crippen LogP) is 2.38. The maximum absolute atomic E-state index is 12.0. The molecule has 1 heterocycles. The number of rotatable bonds is 3. The summed E-state index contributed by atoms with van der Waals surface area (Å²) in [4.78, 5) is 23.4. The molecule has 0 fully saturated rings. The normalized spacial score (nSPS) is 10.2. The first-order valence-electron chi connectivity index (χ1n) is 5.73. The molecule has 0 aliphatic heterocycles. The van der Waals surface area contributed by atoms with Gasteiger partial charge in [0.2, 0.25) is 0 Å². The van der Waals surface area contributed by atoms with Crippen molar-refractivity contribution in [2.24, 2.45) is 7.05 Å².